The van der Waals surface area contributed by atoms with Crippen LogP contribution in [0.25, 0.3) is 10.1 Å². The van der Waals surface area contributed by atoms with Crippen molar-refractivity contribution in [1.82, 2.24) is 4.90 Å². The molecule has 1 saturated heterocycles. The van der Waals surface area contributed by atoms with Gasteiger partial charge in [-0.3, -0.25) is 9.69 Å². The van der Waals surface area contributed by atoms with Crippen molar-refractivity contribution in [3.8, 4) is 0 Å². The van der Waals surface area contributed by atoms with Gasteiger partial charge in [0.1, 0.15) is 0 Å². The molecule has 3 rings (SSSR count). The lowest BCUT2D eigenvalue weighted by molar-refractivity contribution is -0.137. The monoisotopic (exact) mass is 289 g/mol. The van der Waals surface area contributed by atoms with Gasteiger partial charge in [0.05, 0.1) is 0 Å². The molecular weight excluding hydrogens is 270 g/mol. The minimum absolute atomic E-state index is 0.305. The molecule has 0 bridgehead atoms. The highest BCUT2D eigenvalue weighted by Gasteiger charge is 2.23. The predicted molar refractivity (Wildman–Crippen MR) is 82.1 cm³/mol. The second-order valence-corrected chi connectivity index (χ2v) is 6.49. The Bertz CT molecular complexity index is 607. The van der Waals surface area contributed by atoms with Crippen molar-refractivity contribution in [2.45, 2.75) is 25.8 Å². The van der Waals surface area contributed by atoms with Crippen LogP contribution in [-0.2, 0) is 11.3 Å². The number of benzene rings is 1. The van der Waals surface area contributed by atoms with Gasteiger partial charge in [0.25, 0.3) is 0 Å². The summed E-state index contributed by atoms with van der Waals surface area (Å²) < 4.78 is 1.35. The number of hydrogen-bond donors (Lipinski definition) is 1. The summed E-state index contributed by atoms with van der Waals surface area (Å²) in [6, 6.07) is 8.54. The van der Waals surface area contributed by atoms with Gasteiger partial charge in [0, 0.05) is 24.2 Å². The van der Waals surface area contributed by atoms with E-state index in [-0.39, 0.29) is 0 Å². The second-order valence-electron chi connectivity index (χ2n) is 5.58. The molecule has 0 spiro atoms. The van der Waals surface area contributed by atoms with Crippen LogP contribution in [0.1, 0.15) is 24.8 Å². The van der Waals surface area contributed by atoms with E-state index in [0.29, 0.717) is 12.3 Å². The van der Waals surface area contributed by atoms with Crippen LogP contribution in [0, 0.1) is 5.92 Å². The number of aliphatic carboxylic acids is 1. The molecule has 1 aromatic carbocycles. The zero-order valence-corrected chi connectivity index (χ0v) is 12.2. The Morgan fingerprint density at radius 1 is 1.40 bits per heavy atom. The van der Waals surface area contributed by atoms with E-state index in [1.165, 1.54) is 15.6 Å². The number of thiophene rings is 1. The van der Waals surface area contributed by atoms with Gasteiger partial charge in [0.15, 0.2) is 0 Å². The zero-order chi connectivity index (χ0) is 13.9. The largest absolute Gasteiger partial charge is 0.481 e. The van der Waals surface area contributed by atoms with E-state index in [9.17, 15) is 4.79 Å². The first-order valence-electron chi connectivity index (χ1n) is 7.11. The SMILES string of the molecule is O=C(O)CCC1CCN(Cc2csc3ccccc23)C1. The number of nitrogens with zero attached hydrogens (tertiary/aromatic N) is 1. The maximum atomic E-state index is 10.6. The summed E-state index contributed by atoms with van der Waals surface area (Å²) >= 11 is 1.81. The lowest BCUT2D eigenvalue weighted by Crippen LogP contribution is -2.20. The van der Waals surface area contributed by atoms with E-state index in [4.69, 9.17) is 5.11 Å². The van der Waals surface area contributed by atoms with Gasteiger partial charge in [-0.1, -0.05) is 18.2 Å². The molecule has 20 heavy (non-hydrogen) atoms. The highest BCUT2D eigenvalue weighted by atomic mass is 32.1. The van der Waals surface area contributed by atoms with Crippen LogP contribution in [0.3, 0.4) is 0 Å². The zero-order valence-electron chi connectivity index (χ0n) is 11.4. The molecule has 1 aliphatic rings. The van der Waals surface area contributed by atoms with Crippen LogP contribution in [0.4, 0.5) is 0 Å². The molecule has 0 saturated carbocycles. The highest BCUT2D eigenvalue weighted by molar-refractivity contribution is 7.17. The van der Waals surface area contributed by atoms with E-state index in [1.807, 2.05) is 11.3 Å². The molecule has 0 amide bonds. The Labute approximate surface area is 122 Å². The van der Waals surface area contributed by atoms with Crippen LogP contribution < -0.4 is 0 Å². The number of likely N-dealkylation sites (tertiary alicyclic amines) is 1. The molecule has 0 aliphatic carbocycles. The Balaban J connectivity index is 1.60. The van der Waals surface area contributed by atoms with Gasteiger partial charge in [-0.05, 0) is 47.7 Å². The summed E-state index contributed by atoms with van der Waals surface area (Å²) in [5, 5.41) is 12.4. The smallest absolute Gasteiger partial charge is 0.303 e. The molecule has 1 fully saturated rings. The van der Waals surface area contributed by atoms with Crippen LogP contribution in [-0.4, -0.2) is 29.1 Å². The standard InChI is InChI=1S/C16H19NO2S/c18-16(19)6-5-12-7-8-17(9-12)10-13-11-20-15-4-2-1-3-14(13)15/h1-4,11-12H,5-10H2,(H,18,19). The van der Waals surface area contributed by atoms with E-state index >= 15 is 0 Å². The summed E-state index contributed by atoms with van der Waals surface area (Å²) in [4.78, 5) is 13.1. The number of carboxylic acids is 1. The summed E-state index contributed by atoms with van der Waals surface area (Å²) in [6.07, 6.45) is 2.26. The lowest BCUT2D eigenvalue weighted by Gasteiger charge is -2.15. The summed E-state index contributed by atoms with van der Waals surface area (Å²) in [6.45, 7) is 3.12. The quantitative estimate of drug-likeness (QED) is 0.914. The highest BCUT2D eigenvalue weighted by Crippen LogP contribution is 2.29. The fourth-order valence-corrected chi connectivity index (χ4v) is 3.97. The van der Waals surface area contributed by atoms with Gasteiger partial charge < -0.3 is 5.11 Å². The first kappa shape index (κ1) is 13.6. The second kappa shape index (κ2) is 5.94. The summed E-state index contributed by atoms with van der Waals surface area (Å²) in [5.74, 6) is -0.122. The number of rotatable bonds is 5. The molecule has 0 radical (unpaired) electrons. The van der Waals surface area contributed by atoms with Crippen molar-refractivity contribution in [2.24, 2.45) is 5.92 Å². The maximum absolute atomic E-state index is 10.6. The number of fused-ring (bicyclic) bond motifs is 1. The van der Waals surface area contributed by atoms with Gasteiger partial charge in [-0.2, -0.15) is 0 Å². The maximum Gasteiger partial charge on any atom is 0.303 e. The van der Waals surface area contributed by atoms with Gasteiger partial charge in [-0.15, -0.1) is 11.3 Å². The Morgan fingerprint density at radius 2 is 2.25 bits per heavy atom. The molecule has 4 heteroatoms. The van der Waals surface area contributed by atoms with Crippen molar-refractivity contribution in [3.05, 3.63) is 35.2 Å². The van der Waals surface area contributed by atoms with Crippen LogP contribution in [0.15, 0.2) is 29.6 Å². The van der Waals surface area contributed by atoms with E-state index in [1.54, 1.807) is 0 Å². The molecular formula is C16H19NO2S. The van der Waals surface area contributed by atoms with Crippen molar-refractivity contribution >= 4 is 27.4 Å². The molecule has 2 aromatic rings. The first-order valence-corrected chi connectivity index (χ1v) is 7.99. The van der Waals surface area contributed by atoms with E-state index in [0.717, 1.165) is 32.5 Å². The molecule has 3 nitrogen and oxygen atoms in total. The number of hydrogen-bond acceptors (Lipinski definition) is 3. The summed E-state index contributed by atoms with van der Waals surface area (Å²) in [5.41, 5.74) is 1.41. The van der Waals surface area contributed by atoms with Crippen LogP contribution in [0.5, 0.6) is 0 Å². The minimum Gasteiger partial charge on any atom is -0.481 e. The third-order valence-electron chi connectivity index (χ3n) is 4.09. The minimum atomic E-state index is -0.674. The number of carbonyl (C=O) groups is 1. The van der Waals surface area contributed by atoms with Crippen molar-refractivity contribution in [2.75, 3.05) is 13.1 Å². The Hall–Kier alpha value is -1.39. The van der Waals surface area contributed by atoms with Crippen molar-refractivity contribution in [1.29, 1.82) is 0 Å². The molecule has 2 heterocycles. The first-order chi connectivity index (χ1) is 9.72. The van der Waals surface area contributed by atoms with E-state index < -0.39 is 5.97 Å². The van der Waals surface area contributed by atoms with Gasteiger partial charge in [0.2, 0.25) is 0 Å². The van der Waals surface area contributed by atoms with Crippen molar-refractivity contribution in [3.63, 3.8) is 0 Å². The molecule has 1 aromatic heterocycles. The topological polar surface area (TPSA) is 40.5 Å². The fourth-order valence-electron chi connectivity index (χ4n) is 3.02. The molecule has 1 aliphatic heterocycles. The van der Waals surface area contributed by atoms with Crippen molar-refractivity contribution < 1.29 is 9.90 Å². The Morgan fingerprint density at radius 3 is 3.10 bits per heavy atom. The fraction of sp³-hybridized carbons (Fsp3) is 0.438. The molecule has 1 N–H and O–H groups in total. The normalized spacial score (nSPS) is 19.7. The molecule has 1 atom stereocenters. The predicted octanol–water partition coefficient (Wildman–Crippen LogP) is 3.59. The third-order valence-corrected chi connectivity index (χ3v) is 5.10. The van der Waals surface area contributed by atoms with E-state index in [2.05, 4.69) is 34.5 Å². The lowest BCUT2D eigenvalue weighted by atomic mass is 10.0. The summed E-state index contributed by atoms with van der Waals surface area (Å²) in [7, 11) is 0. The van der Waals surface area contributed by atoms with Gasteiger partial charge >= 0.3 is 5.97 Å². The molecule has 1 unspecified atom stereocenters. The molecule has 106 valence electrons. The average molecular weight is 289 g/mol. The van der Waals surface area contributed by atoms with Crippen LogP contribution >= 0.6 is 11.3 Å². The van der Waals surface area contributed by atoms with Gasteiger partial charge in [-0.25, -0.2) is 0 Å². The average Bonchev–Trinajstić information content (AvgIpc) is 3.05. The number of carboxylic acid groups (broad SMARTS) is 1. The third kappa shape index (κ3) is 3.02. The van der Waals surface area contributed by atoms with Crippen LogP contribution in [0.2, 0.25) is 0 Å². The Kier molecular flexibility index (Phi) is 4.03.